The average Bonchev–Trinajstić information content (AvgIpc) is 2.78. The van der Waals surface area contributed by atoms with E-state index in [9.17, 15) is 13.2 Å². The third-order valence-corrected chi connectivity index (χ3v) is 7.57. The number of fused-ring (bicyclic) bond motifs is 1. The maximum Gasteiger partial charge on any atom is 0.251 e. The Morgan fingerprint density at radius 2 is 1.65 bits per heavy atom. The second-order valence-electron chi connectivity index (χ2n) is 7.50. The van der Waals surface area contributed by atoms with Gasteiger partial charge in [0.2, 0.25) is 10.0 Å². The summed E-state index contributed by atoms with van der Waals surface area (Å²) in [6.45, 7) is 2.09. The Bertz CT molecular complexity index is 1190. The Kier molecular flexibility index (Phi) is 6.46. The molecule has 3 aromatic rings. The van der Waals surface area contributed by atoms with E-state index in [0.717, 1.165) is 16.5 Å². The number of hydrogen-bond donors (Lipinski definition) is 1. The number of piperazine rings is 1. The first-order chi connectivity index (χ1) is 14.9. The maximum atomic E-state index is 12.7. The fraction of sp³-hybridized carbons (Fsp3) is 0.261. The number of carbonyl (C=O) groups excluding carboxylic acids is 1. The van der Waals surface area contributed by atoms with Crippen LogP contribution in [0.25, 0.3) is 10.8 Å². The molecule has 6 nitrogen and oxygen atoms in total. The van der Waals surface area contributed by atoms with Gasteiger partial charge in [0.15, 0.2) is 0 Å². The minimum atomic E-state index is -3.44. The Balaban J connectivity index is 1.29. The summed E-state index contributed by atoms with van der Waals surface area (Å²) in [5, 5.41) is 5.42. The van der Waals surface area contributed by atoms with Crippen LogP contribution in [0.4, 0.5) is 5.69 Å². The Labute approximate surface area is 187 Å². The molecule has 8 heteroatoms. The van der Waals surface area contributed by atoms with Crippen LogP contribution in [0.15, 0.2) is 66.7 Å². The number of nitrogens with zero attached hydrogens (tertiary/aromatic N) is 2. The fourth-order valence-corrected chi connectivity index (χ4v) is 5.27. The van der Waals surface area contributed by atoms with Crippen molar-refractivity contribution >= 4 is 44.0 Å². The predicted octanol–water partition coefficient (Wildman–Crippen LogP) is 3.38. The summed E-state index contributed by atoms with van der Waals surface area (Å²) in [6.07, 6.45) is 0. The molecule has 0 saturated carbocycles. The second kappa shape index (κ2) is 9.26. The monoisotopic (exact) mass is 457 g/mol. The van der Waals surface area contributed by atoms with Crippen LogP contribution < -0.4 is 10.2 Å². The highest BCUT2D eigenvalue weighted by molar-refractivity contribution is 7.89. The highest BCUT2D eigenvalue weighted by Crippen LogP contribution is 2.21. The molecule has 3 aromatic carbocycles. The molecule has 31 heavy (non-hydrogen) atoms. The number of halogens is 1. The molecule has 0 bridgehead atoms. The summed E-state index contributed by atoms with van der Waals surface area (Å²) in [5.41, 5.74) is 1.51. The van der Waals surface area contributed by atoms with Crippen molar-refractivity contribution in [2.75, 3.05) is 43.4 Å². The van der Waals surface area contributed by atoms with Crippen LogP contribution in [-0.2, 0) is 10.0 Å². The molecule has 1 fully saturated rings. The van der Waals surface area contributed by atoms with E-state index < -0.39 is 10.0 Å². The van der Waals surface area contributed by atoms with Crippen LogP contribution in [-0.4, -0.2) is 57.1 Å². The van der Waals surface area contributed by atoms with Crippen LogP contribution in [0.2, 0.25) is 5.02 Å². The molecule has 1 N–H and O–H groups in total. The molecule has 0 aromatic heterocycles. The van der Waals surface area contributed by atoms with E-state index in [1.807, 2.05) is 60.7 Å². The van der Waals surface area contributed by atoms with E-state index in [-0.39, 0.29) is 18.2 Å². The molecule has 1 amide bonds. The highest BCUT2D eigenvalue weighted by atomic mass is 35.5. The Morgan fingerprint density at radius 1 is 0.903 bits per heavy atom. The van der Waals surface area contributed by atoms with Crippen LogP contribution in [0.5, 0.6) is 0 Å². The van der Waals surface area contributed by atoms with Crippen molar-refractivity contribution in [3.8, 4) is 0 Å². The molecule has 0 spiro atoms. The minimum Gasteiger partial charge on any atom is -0.369 e. The number of rotatable bonds is 6. The van der Waals surface area contributed by atoms with Crippen molar-refractivity contribution in [2.24, 2.45) is 0 Å². The zero-order chi connectivity index (χ0) is 21.8. The summed E-state index contributed by atoms with van der Waals surface area (Å²) < 4.78 is 26.9. The van der Waals surface area contributed by atoms with Crippen molar-refractivity contribution in [1.82, 2.24) is 9.62 Å². The first-order valence-corrected chi connectivity index (χ1v) is 12.2. The summed E-state index contributed by atoms with van der Waals surface area (Å²) in [4.78, 5) is 14.6. The molecule has 0 aliphatic carbocycles. The first kappa shape index (κ1) is 21.6. The third-order valence-electron chi connectivity index (χ3n) is 5.46. The lowest BCUT2D eigenvalue weighted by Crippen LogP contribution is -2.50. The summed E-state index contributed by atoms with van der Waals surface area (Å²) in [7, 11) is -3.44. The topological polar surface area (TPSA) is 69.7 Å². The lowest BCUT2D eigenvalue weighted by Gasteiger charge is -2.35. The smallest absolute Gasteiger partial charge is 0.251 e. The van der Waals surface area contributed by atoms with Crippen LogP contribution >= 0.6 is 11.6 Å². The zero-order valence-electron chi connectivity index (χ0n) is 17.0. The van der Waals surface area contributed by atoms with Crippen molar-refractivity contribution in [3.05, 3.63) is 77.3 Å². The number of sulfonamides is 1. The van der Waals surface area contributed by atoms with Crippen LogP contribution in [0.1, 0.15) is 10.4 Å². The van der Waals surface area contributed by atoms with Gasteiger partial charge >= 0.3 is 0 Å². The van der Waals surface area contributed by atoms with Gasteiger partial charge in [0.05, 0.1) is 5.75 Å². The standard InChI is InChI=1S/C23H24ClN3O3S/c24-21-6-3-7-22(17-21)26-11-13-27(14-12-26)31(29,30)15-10-25-23(28)20-9-8-18-4-1-2-5-19(18)16-20/h1-9,16-17H,10-15H2,(H,25,28). The highest BCUT2D eigenvalue weighted by Gasteiger charge is 2.27. The molecule has 0 atom stereocenters. The molecule has 1 heterocycles. The lowest BCUT2D eigenvalue weighted by atomic mass is 10.1. The molecule has 0 unspecified atom stereocenters. The summed E-state index contributed by atoms with van der Waals surface area (Å²) >= 11 is 6.05. The number of carbonyl (C=O) groups is 1. The van der Waals surface area contributed by atoms with E-state index in [2.05, 4.69) is 10.2 Å². The first-order valence-electron chi connectivity index (χ1n) is 10.2. The number of hydrogen-bond acceptors (Lipinski definition) is 4. The van der Waals surface area contributed by atoms with Gasteiger partial charge in [-0.1, -0.05) is 48.0 Å². The van der Waals surface area contributed by atoms with Gasteiger partial charge < -0.3 is 10.2 Å². The predicted molar refractivity (Wildman–Crippen MR) is 125 cm³/mol. The van der Waals surface area contributed by atoms with Crippen molar-refractivity contribution in [3.63, 3.8) is 0 Å². The number of benzene rings is 3. The van der Waals surface area contributed by atoms with Gasteiger partial charge in [-0.05, 0) is 41.1 Å². The van der Waals surface area contributed by atoms with Crippen molar-refractivity contribution in [2.45, 2.75) is 0 Å². The van der Waals surface area contributed by atoms with Gasteiger partial charge in [-0.25, -0.2) is 8.42 Å². The molecule has 4 rings (SSSR count). The molecular weight excluding hydrogens is 434 g/mol. The van der Waals surface area contributed by atoms with E-state index in [1.54, 1.807) is 6.07 Å². The second-order valence-corrected chi connectivity index (χ2v) is 10.0. The van der Waals surface area contributed by atoms with Gasteiger partial charge in [0, 0.05) is 49.0 Å². The fourth-order valence-electron chi connectivity index (χ4n) is 3.75. The maximum absolute atomic E-state index is 12.7. The average molecular weight is 458 g/mol. The van der Waals surface area contributed by atoms with Gasteiger partial charge in [-0.3, -0.25) is 4.79 Å². The molecule has 162 valence electrons. The molecule has 1 aliphatic rings. The molecule has 1 saturated heterocycles. The van der Waals surface area contributed by atoms with Crippen LogP contribution in [0, 0.1) is 0 Å². The number of amides is 1. The Hall–Kier alpha value is -2.61. The van der Waals surface area contributed by atoms with Crippen molar-refractivity contribution < 1.29 is 13.2 Å². The molecular formula is C23H24ClN3O3S. The van der Waals surface area contributed by atoms with Gasteiger partial charge in [-0.2, -0.15) is 4.31 Å². The molecule has 1 aliphatic heterocycles. The van der Waals surface area contributed by atoms with E-state index in [1.165, 1.54) is 4.31 Å². The van der Waals surface area contributed by atoms with E-state index in [4.69, 9.17) is 11.6 Å². The van der Waals surface area contributed by atoms with E-state index in [0.29, 0.717) is 36.8 Å². The van der Waals surface area contributed by atoms with E-state index >= 15 is 0 Å². The lowest BCUT2D eigenvalue weighted by molar-refractivity contribution is 0.0956. The number of anilines is 1. The normalized spacial score (nSPS) is 15.2. The quantitative estimate of drug-likeness (QED) is 0.616. The molecule has 0 radical (unpaired) electrons. The summed E-state index contributed by atoms with van der Waals surface area (Å²) in [6, 6.07) is 20.8. The zero-order valence-corrected chi connectivity index (χ0v) is 18.6. The summed E-state index contributed by atoms with van der Waals surface area (Å²) in [5.74, 6) is -0.393. The largest absolute Gasteiger partial charge is 0.369 e. The minimum absolute atomic E-state index is 0.0719. The van der Waals surface area contributed by atoms with Gasteiger partial charge in [0.1, 0.15) is 0 Å². The van der Waals surface area contributed by atoms with Gasteiger partial charge in [-0.15, -0.1) is 0 Å². The third kappa shape index (κ3) is 5.18. The Morgan fingerprint density at radius 3 is 2.39 bits per heavy atom. The van der Waals surface area contributed by atoms with Crippen LogP contribution in [0.3, 0.4) is 0 Å². The number of nitrogens with one attached hydrogen (secondary N) is 1. The van der Waals surface area contributed by atoms with Gasteiger partial charge in [0.25, 0.3) is 5.91 Å². The SMILES string of the molecule is O=C(NCCS(=O)(=O)N1CCN(c2cccc(Cl)c2)CC1)c1ccc2ccccc2c1. The van der Waals surface area contributed by atoms with Crippen molar-refractivity contribution in [1.29, 1.82) is 0 Å².